The van der Waals surface area contributed by atoms with Gasteiger partial charge >= 0.3 is 6.01 Å². The van der Waals surface area contributed by atoms with Crippen molar-refractivity contribution in [3.8, 4) is 6.01 Å². The number of hydrogen-bond donors (Lipinski definition) is 1. The molecule has 1 fully saturated rings. The van der Waals surface area contributed by atoms with Crippen LogP contribution in [0.2, 0.25) is 0 Å². The van der Waals surface area contributed by atoms with Crippen LogP contribution in [0.4, 0.5) is 11.6 Å². The molecule has 4 rings (SSSR count). The van der Waals surface area contributed by atoms with Gasteiger partial charge in [0, 0.05) is 31.2 Å². The molecule has 0 saturated carbocycles. The molecule has 164 valence electrons. The average Bonchev–Trinajstić information content (AvgIpc) is 3.26. The van der Waals surface area contributed by atoms with Crippen molar-refractivity contribution in [2.24, 2.45) is 0 Å². The fourth-order valence-electron chi connectivity index (χ4n) is 4.07. The predicted octanol–water partition coefficient (Wildman–Crippen LogP) is 2.33. The Morgan fingerprint density at radius 3 is 2.61 bits per heavy atom. The Morgan fingerprint density at radius 1 is 1.13 bits per heavy atom. The van der Waals surface area contributed by atoms with Crippen molar-refractivity contribution < 1.29 is 14.3 Å². The van der Waals surface area contributed by atoms with E-state index < -0.39 is 0 Å². The Hall–Kier alpha value is -2.97. The van der Waals surface area contributed by atoms with E-state index in [2.05, 4.69) is 33.6 Å². The Bertz CT molecular complexity index is 972. The quantitative estimate of drug-likeness (QED) is 0.514. The Morgan fingerprint density at radius 2 is 1.87 bits per heavy atom. The molecule has 8 nitrogen and oxygen atoms in total. The number of nitrogens with zero attached hydrogens (tertiary/aromatic N) is 4. The topological polar surface area (TPSA) is 93.8 Å². The van der Waals surface area contributed by atoms with Gasteiger partial charge in [0.05, 0.1) is 13.2 Å². The average molecular weight is 424 g/mol. The molecule has 0 radical (unpaired) electrons. The van der Waals surface area contributed by atoms with E-state index in [-0.39, 0.29) is 11.9 Å². The highest BCUT2D eigenvalue weighted by atomic mass is 16.5. The van der Waals surface area contributed by atoms with E-state index >= 15 is 0 Å². The SMILES string of the molecule is C=C1Cc2c(N)nc(OCCOC)nc2N(Cc2cccc(CN3CCCC3)c2)C1=O. The molecule has 2 aromatic rings. The van der Waals surface area contributed by atoms with E-state index in [9.17, 15) is 4.79 Å². The van der Waals surface area contributed by atoms with Crippen LogP contribution in [0.5, 0.6) is 6.01 Å². The third-order valence-electron chi connectivity index (χ3n) is 5.65. The highest BCUT2D eigenvalue weighted by Crippen LogP contribution is 2.34. The first-order chi connectivity index (χ1) is 15.0. The number of amides is 1. The second-order valence-corrected chi connectivity index (χ2v) is 8.01. The molecule has 1 amide bonds. The van der Waals surface area contributed by atoms with Crippen LogP contribution in [0.1, 0.15) is 29.5 Å². The zero-order valence-electron chi connectivity index (χ0n) is 18.0. The molecule has 2 aliphatic heterocycles. The van der Waals surface area contributed by atoms with E-state index in [4.69, 9.17) is 15.2 Å². The van der Waals surface area contributed by atoms with Crippen LogP contribution >= 0.6 is 0 Å². The molecule has 0 aliphatic carbocycles. The van der Waals surface area contributed by atoms with E-state index in [0.29, 0.717) is 49.0 Å². The molecule has 0 spiro atoms. The number of carbonyl (C=O) groups excluding carboxylic acids is 1. The van der Waals surface area contributed by atoms with Gasteiger partial charge in [0.2, 0.25) is 0 Å². The molecule has 8 heteroatoms. The van der Waals surface area contributed by atoms with Gasteiger partial charge < -0.3 is 15.2 Å². The second kappa shape index (κ2) is 9.45. The maximum Gasteiger partial charge on any atom is 0.320 e. The first-order valence-corrected chi connectivity index (χ1v) is 10.6. The van der Waals surface area contributed by atoms with Crippen molar-refractivity contribution in [3.05, 3.63) is 53.1 Å². The van der Waals surface area contributed by atoms with Crippen LogP contribution in [0.3, 0.4) is 0 Å². The van der Waals surface area contributed by atoms with Gasteiger partial charge in [-0.1, -0.05) is 30.8 Å². The first-order valence-electron chi connectivity index (χ1n) is 10.6. The largest absolute Gasteiger partial charge is 0.461 e. The molecule has 0 unspecified atom stereocenters. The van der Waals surface area contributed by atoms with Crippen molar-refractivity contribution in [2.45, 2.75) is 32.4 Å². The maximum absolute atomic E-state index is 13.0. The number of fused-ring (bicyclic) bond motifs is 1. The van der Waals surface area contributed by atoms with Gasteiger partial charge in [-0.05, 0) is 37.1 Å². The van der Waals surface area contributed by atoms with Crippen molar-refractivity contribution in [1.82, 2.24) is 14.9 Å². The third-order valence-corrected chi connectivity index (χ3v) is 5.65. The summed E-state index contributed by atoms with van der Waals surface area (Å²) < 4.78 is 10.6. The standard InChI is InChI=1S/C23H29N5O3/c1-16-12-19-20(24)25-23(31-11-10-30-2)26-21(19)28(22(16)29)15-18-7-5-6-17(13-18)14-27-8-3-4-9-27/h5-7,13H,1,3-4,8-12,14-15H2,2H3,(H2,24,25,26). The number of aromatic nitrogens is 2. The summed E-state index contributed by atoms with van der Waals surface area (Å²) in [4.78, 5) is 25.8. The first kappa shape index (κ1) is 21.3. The van der Waals surface area contributed by atoms with Crippen molar-refractivity contribution in [3.63, 3.8) is 0 Å². The molecule has 1 aromatic carbocycles. The van der Waals surface area contributed by atoms with Crippen LogP contribution in [0.25, 0.3) is 0 Å². The number of methoxy groups -OCH3 is 1. The molecule has 2 N–H and O–H groups in total. The minimum atomic E-state index is -0.154. The van der Waals surface area contributed by atoms with Crippen LogP contribution < -0.4 is 15.4 Å². The van der Waals surface area contributed by atoms with E-state index in [0.717, 1.165) is 25.2 Å². The summed E-state index contributed by atoms with van der Waals surface area (Å²) in [6.07, 6.45) is 2.86. The summed E-state index contributed by atoms with van der Waals surface area (Å²) >= 11 is 0. The summed E-state index contributed by atoms with van der Waals surface area (Å²) in [6.45, 7) is 8.24. The monoisotopic (exact) mass is 423 g/mol. The third kappa shape index (κ3) is 4.86. The molecule has 3 heterocycles. The van der Waals surface area contributed by atoms with Gasteiger partial charge in [-0.25, -0.2) is 0 Å². The lowest BCUT2D eigenvalue weighted by Crippen LogP contribution is -2.37. The molecule has 1 saturated heterocycles. The Labute approximate surface area is 182 Å². The Kier molecular flexibility index (Phi) is 6.48. The van der Waals surface area contributed by atoms with Crippen LogP contribution in [-0.2, 0) is 29.0 Å². The lowest BCUT2D eigenvalue weighted by molar-refractivity contribution is -0.115. The lowest BCUT2D eigenvalue weighted by Gasteiger charge is -2.30. The minimum Gasteiger partial charge on any atom is -0.461 e. The molecule has 1 aromatic heterocycles. The summed E-state index contributed by atoms with van der Waals surface area (Å²) in [5.74, 6) is 0.638. The summed E-state index contributed by atoms with van der Waals surface area (Å²) in [5.41, 5.74) is 9.64. The zero-order chi connectivity index (χ0) is 21.8. The molecular formula is C23H29N5O3. The second-order valence-electron chi connectivity index (χ2n) is 8.01. The summed E-state index contributed by atoms with van der Waals surface area (Å²) in [7, 11) is 1.59. The molecule has 2 aliphatic rings. The number of hydrogen-bond acceptors (Lipinski definition) is 7. The number of likely N-dealkylation sites (tertiary alicyclic amines) is 1. The number of nitrogens with two attached hydrogens (primary N) is 1. The maximum atomic E-state index is 13.0. The fourth-order valence-corrected chi connectivity index (χ4v) is 4.07. The number of ether oxygens (including phenoxy) is 2. The summed E-state index contributed by atoms with van der Waals surface area (Å²) in [5, 5.41) is 0. The molecule has 0 atom stereocenters. The minimum absolute atomic E-state index is 0.140. The predicted molar refractivity (Wildman–Crippen MR) is 119 cm³/mol. The van der Waals surface area contributed by atoms with Gasteiger partial charge in [-0.3, -0.25) is 14.6 Å². The Balaban J connectivity index is 1.59. The van der Waals surface area contributed by atoms with E-state index in [1.54, 1.807) is 12.0 Å². The van der Waals surface area contributed by atoms with Gasteiger partial charge in [0.25, 0.3) is 5.91 Å². The molecular weight excluding hydrogens is 394 g/mol. The van der Waals surface area contributed by atoms with Crippen LogP contribution in [0, 0.1) is 0 Å². The van der Waals surface area contributed by atoms with Crippen LogP contribution in [0.15, 0.2) is 36.4 Å². The number of carbonyl (C=O) groups is 1. The number of rotatable bonds is 8. The fraction of sp³-hybridized carbons (Fsp3) is 0.435. The highest BCUT2D eigenvalue weighted by Gasteiger charge is 2.31. The van der Waals surface area contributed by atoms with Crippen molar-refractivity contribution in [2.75, 3.05) is 44.0 Å². The van der Waals surface area contributed by atoms with Crippen LogP contribution in [-0.4, -0.2) is 54.2 Å². The smallest absolute Gasteiger partial charge is 0.320 e. The normalized spacial score (nSPS) is 16.6. The molecule has 0 bridgehead atoms. The van der Waals surface area contributed by atoms with Crippen molar-refractivity contribution in [1.29, 1.82) is 0 Å². The molecule has 31 heavy (non-hydrogen) atoms. The van der Waals surface area contributed by atoms with E-state index in [1.165, 1.54) is 18.4 Å². The number of nitrogen functional groups attached to an aromatic ring is 1. The van der Waals surface area contributed by atoms with Gasteiger partial charge in [-0.2, -0.15) is 9.97 Å². The van der Waals surface area contributed by atoms with Crippen molar-refractivity contribution >= 4 is 17.5 Å². The zero-order valence-corrected chi connectivity index (χ0v) is 18.0. The van der Waals surface area contributed by atoms with Gasteiger partial charge in [0.1, 0.15) is 18.2 Å². The number of benzene rings is 1. The number of anilines is 2. The van der Waals surface area contributed by atoms with E-state index in [1.807, 2.05) is 12.1 Å². The van der Waals surface area contributed by atoms with Gasteiger partial charge in [-0.15, -0.1) is 0 Å². The highest BCUT2D eigenvalue weighted by molar-refractivity contribution is 6.08. The van der Waals surface area contributed by atoms with Gasteiger partial charge in [0.15, 0.2) is 0 Å². The summed E-state index contributed by atoms with van der Waals surface area (Å²) in [6, 6.07) is 8.50. The lowest BCUT2D eigenvalue weighted by atomic mass is 10.00.